The molecule has 1 aromatic carbocycles. The van der Waals surface area contributed by atoms with E-state index in [0.717, 1.165) is 25.8 Å². The summed E-state index contributed by atoms with van der Waals surface area (Å²) in [5, 5.41) is 5.57. The number of carbonyl (C=O) groups excluding carboxylic acids is 3. The summed E-state index contributed by atoms with van der Waals surface area (Å²) < 4.78 is 13.0. The second-order valence-corrected chi connectivity index (χ2v) is 7.54. The van der Waals surface area contributed by atoms with Gasteiger partial charge in [-0.05, 0) is 49.4 Å². The molecule has 1 aliphatic rings. The lowest BCUT2D eigenvalue weighted by Crippen LogP contribution is -2.50. The molecule has 7 heteroatoms. The number of nitrogens with one attached hydrogen (secondary N) is 2. The van der Waals surface area contributed by atoms with Crippen molar-refractivity contribution in [3.8, 4) is 0 Å². The Morgan fingerprint density at radius 2 is 1.86 bits per heavy atom. The lowest BCUT2D eigenvalue weighted by molar-refractivity contribution is -0.130. The van der Waals surface area contributed by atoms with Gasteiger partial charge in [-0.3, -0.25) is 14.4 Å². The maximum Gasteiger partial charge on any atom is 0.251 e. The summed E-state index contributed by atoms with van der Waals surface area (Å²) in [4.78, 5) is 38.7. The van der Waals surface area contributed by atoms with E-state index >= 15 is 0 Å². The SMILES string of the molecule is CC(C)C(NC(=O)c1ccc(F)cc1)C(=O)NCCCN1CCCCCC1=O. The Balaban J connectivity index is 1.81. The monoisotopic (exact) mass is 391 g/mol. The zero-order valence-corrected chi connectivity index (χ0v) is 16.7. The van der Waals surface area contributed by atoms with Crippen LogP contribution in [0.3, 0.4) is 0 Å². The molecule has 0 aliphatic carbocycles. The van der Waals surface area contributed by atoms with Gasteiger partial charge < -0.3 is 15.5 Å². The fourth-order valence-corrected chi connectivity index (χ4v) is 3.23. The molecular formula is C21H30FN3O3. The van der Waals surface area contributed by atoms with E-state index in [0.29, 0.717) is 31.5 Å². The van der Waals surface area contributed by atoms with Gasteiger partial charge in [-0.25, -0.2) is 4.39 Å². The summed E-state index contributed by atoms with van der Waals surface area (Å²) in [5.41, 5.74) is 0.305. The van der Waals surface area contributed by atoms with Crippen molar-refractivity contribution in [3.63, 3.8) is 0 Å². The van der Waals surface area contributed by atoms with E-state index in [4.69, 9.17) is 0 Å². The Kier molecular flexibility index (Phi) is 8.42. The number of hydrogen-bond donors (Lipinski definition) is 2. The number of halogens is 1. The first kappa shape index (κ1) is 21.9. The summed E-state index contributed by atoms with van der Waals surface area (Å²) in [6, 6.07) is 4.51. The number of carbonyl (C=O) groups is 3. The minimum absolute atomic E-state index is 0.100. The van der Waals surface area contributed by atoms with Crippen molar-refractivity contribution in [2.24, 2.45) is 5.92 Å². The third-order valence-electron chi connectivity index (χ3n) is 4.92. The predicted octanol–water partition coefficient (Wildman–Crippen LogP) is 2.49. The Morgan fingerprint density at radius 1 is 1.14 bits per heavy atom. The van der Waals surface area contributed by atoms with Crippen molar-refractivity contribution < 1.29 is 18.8 Å². The van der Waals surface area contributed by atoms with E-state index in [2.05, 4.69) is 10.6 Å². The zero-order chi connectivity index (χ0) is 20.5. The van der Waals surface area contributed by atoms with Crippen molar-refractivity contribution in [3.05, 3.63) is 35.6 Å². The first-order chi connectivity index (χ1) is 13.4. The molecule has 0 bridgehead atoms. The van der Waals surface area contributed by atoms with Crippen molar-refractivity contribution >= 4 is 17.7 Å². The molecule has 1 aliphatic heterocycles. The van der Waals surface area contributed by atoms with Gasteiger partial charge >= 0.3 is 0 Å². The van der Waals surface area contributed by atoms with Crippen LogP contribution in [0.2, 0.25) is 0 Å². The van der Waals surface area contributed by atoms with Crippen molar-refractivity contribution in [1.82, 2.24) is 15.5 Å². The number of likely N-dealkylation sites (tertiary alicyclic amines) is 1. The highest BCUT2D eigenvalue weighted by molar-refractivity contribution is 5.97. The van der Waals surface area contributed by atoms with Crippen molar-refractivity contribution in [1.29, 1.82) is 0 Å². The van der Waals surface area contributed by atoms with E-state index in [9.17, 15) is 18.8 Å². The van der Waals surface area contributed by atoms with Crippen LogP contribution in [-0.2, 0) is 9.59 Å². The molecular weight excluding hydrogens is 361 g/mol. The number of benzene rings is 1. The van der Waals surface area contributed by atoms with Crippen LogP contribution in [0.15, 0.2) is 24.3 Å². The van der Waals surface area contributed by atoms with Gasteiger partial charge in [0.2, 0.25) is 11.8 Å². The Hall–Kier alpha value is -2.44. The van der Waals surface area contributed by atoms with E-state index in [1.807, 2.05) is 18.7 Å². The molecule has 1 atom stereocenters. The molecule has 1 heterocycles. The minimum atomic E-state index is -0.683. The third-order valence-corrected chi connectivity index (χ3v) is 4.92. The van der Waals surface area contributed by atoms with Gasteiger partial charge in [-0.1, -0.05) is 20.3 Å². The minimum Gasteiger partial charge on any atom is -0.354 e. The summed E-state index contributed by atoms with van der Waals surface area (Å²) in [5.74, 6) is -0.999. The average molecular weight is 391 g/mol. The fourth-order valence-electron chi connectivity index (χ4n) is 3.23. The van der Waals surface area contributed by atoms with Crippen LogP contribution in [-0.4, -0.2) is 48.3 Å². The van der Waals surface area contributed by atoms with Gasteiger partial charge in [-0.2, -0.15) is 0 Å². The van der Waals surface area contributed by atoms with Gasteiger partial charge in [0.05, 0.1) is 0 Å². The first-order valence-electron chi connectivity index (χ1n) is 10.0. The molecule has 2 rings (SSSR count). The van der Waals surface area contributed by atoms with Crippen LogP contribution in [0, 0.1) is 11.7 Å². The molecule has 1 saturated heterocycles. The number of nitrogens with zero attached hydrogens (tertiary/aromatic N) is 1. The van der Waals surface area contributed by atoms with Crippen LogP contribution in [0.4, 0.5) is 4.39 Å². The molecule has 1 fully saturated rings. The summed E-state index contributed by atoms with van der Waals surface area (Å²) in [6.07, 6.45) is 4.35. The molecule has 0 aromatic heterocycles. The van der Waals surface area contributed by atoms with Gasteiger partial charge in [-0.15, -0.1) is 0 Å². The first-order valence-corrected chi connectivity index (χ1v) is 10.0. The van der Waals surface area contributed by atoms with Gasteiger partial charge in [0.25, 0.3) is 5.91 Å². The molecule has 28 heavy (non-hydrogen) atoms. The van der Waals surface area contributed by atoms with E-state index < -0.39 is 17.8 Å². The number of amides is 3. The second kappa shape index (κ2) is 10.8. The summed E-state index contributed by atoms with van der Waals surface area (Å²) >= 11 is 0. The third kappa shape index (κ3) is 6.62. The molecule has 1 unspecified atom stereocenters. The van der Waals surface area contributed by atoms with E-state index in [-0.39, 0.29) is 17.7 Å². The molecule has 6 nitrogen and oxygen atoms in total. The van der Waals surface area contributed by atoms with E-state index in [1.54, 1.807) is 0 Å². The number of hydrogen-bond acceptors (Lipinski definition) is 3. The average Bonchev–Trinajstić information content (AvgIpc) is 2.87. The number of rotatable bonds is 8. The second-order valence-electron chi connectivity index (χ2n) is 7.54. The van der Waals surface area contributed by atoms with Crippen LogP contribution in [0.1, 0.15) is 56.3 Å². The lowest BCUT2D eigenvalue weighted by Gasteiger charge is -2.23. The standard InChI is InChI=1S/C21H30FN3O3/c1-15(2)19(24-20(27)16-8-10-17(22)11-9-16)21(28)23-12-6-14-25-13-5-3-4-7-18(25)26/h8-11,15,19H,3-7,12-14H2,1-2H3,(H,23,28)(H,24,27). The Morgan fingerprint density at radius 3 is 2.54 bits per heavy atom. The quantitative estimate of drug-likeness (QED) is 0.669. The highest BCUT2D eigenvalue weighted by Gasteiger charge is 2.24. The van der Waals surface area contributed by atoms with Crippen LogP contribution >= 0.6 is 0 Å². The van der Waals surface area contributed by atoms with Gasteiger partial charge in [0.1, 0.15) is 11.9 Å². The highest BCUT2D eigenvalue weighted by Crippen LogP contribution is 2.11. The fraction of sp³-hybridized carbons (Fsp3) is 0.571. The van der Waals surface area contributed by atoms with Crippen LogP contribution in [0.5, 0.6) is 0 Å². The maximum atomic E-state index is 13.0. The largest absolute Gasteiger partial charge is 0.354 e. The molecule has 2 N–H and O–H groups in total. The van der Waals surface area contributed by atoms with Crippen molar-refractivity contribution in [2.45, 2.75) is 52.0 Å². The molecule has 154 valence electrons. The van der Waals surface area contributed by atoms with E-state index in [1.165, 1.54) is 24.3 Å². The van der Waals surface area contributed by atoms with Gasteiger partial charge in [0.15, 0.2) is 0 Å². The molecule has 0 saturated carbocycles. The summed E-state index contributed by atoms with van der Waals surface area (Å²) in [6.45, 7) is 5.57. The van der Waals surface area contributed by atoms with Crippen LogP contribution < -0.4 is 10.6 Å². The van der Waals surface area contributed by atoms with Crippen LogP contribution in [0.25, 0.3) is 0 Å². The zero-order valence-electron chi connectivity index (χ0n) is 16.7. The highest BCUT2D eigenvalue weighted by atomic mass is 19.1. The smallest absolute Gasteiger partial charge is 0.251 e. The molecule has 0 radical (unpaired) electrons. The predicted molar refractivity (Wildman–Crippen MR) is 105 cm³/mol. The molecule has 1 aromatic rings. The van der Waals surface area contributed by atoms with Crippen molar-refractivity contribution in [2.75, 3.05) is 19.6 Å². The molecule has 3 amide bonds. The maximum absolute atomic E-state index is 13.0. The topological polar surface area (TPSA) is 78.5 Å². The molecule has 0 spiro atoms. The lowest BCUT2D eigenvalue weighted by atomic mass is 10.0. The Bertz CT molecular complexity index is 676. The normalized spacial score (nSPS) is 15.9. The Labute approximate surface area is 165 Å². The van der Waals surface area contributed by atoms with Gasteiger partial charge in [0, 0.05) is 31.6 Å². The summed E-state index contributed by atoms with van der Waals surface area (Å²) in [7, 11) is 0.